The first-order chi connectivity index (χ1) is 10.7. The average Bonchev–Trinajstić information content (AvgIpc) is 2.54. The van der Waals surface area contributed by atoms with Crippen molar-refractivity contribution in [3.8, 4) is 0 Å². The Balaban J connectivity index is 0.00000264. The van der Waals surface area contributed by atoms with Gasteiger partial charge in [0.2, 0.25) is 5.91 Å². The van der Waals surface area contributed by atoms with Crippen LogP contribution in [-0.4, -0.2) is 43.5 Å². The number of carbonyl (C=O) groups is 1. The molecule has 0 aromatic heterocycles. The molecule has 1 aliphatic rings. The summed E-state index contributed by atoms with van der Waals surface area (Å²) in [7, 11) is 0. The number of hydrogen-bond acceptors (Lipinski definition) is 3. The summed E-state index contributed by atoms with van der Waals surface area (Å²) in [5, 5.41) is 0. The van der Waals surface area contributed by atoms with Gasteiger partial charge in [0.15, 0.2) is 0 Å². The van der Waals surface area contributed by atoms with Gasteiger partial charge in [-0.15, -0.1) is 24.8 Å². The maximum atomic E-state index is 12.2. The highest BCUT2D eigenvalue weighted by Gasteiger charge is 2.20. The lowest BCUT2D eigenvalue weighted by molar-refractivity contribution is -0.131. The molecule has 0 radical (unpaired) electrons. The summed E-state index contributed by atoms with van der Waals surface area (Å²) in [4.78, 5) is 16.6. The smallest absolute Gasteiger partial charge is 0.222 e. The van der Waals surface area contributed by atoms with Crippen molar-refractivity contribution in [2.75, 3.05) is 37.6 Å². The number of halogens is 2. The third kappa shape index (κ3) is 7.29. The summed E-state index contributed by atoms with van der Waals surface area (Å²) in [6.45, 7) is 6.43. The first kappa shape index (κ1) is 23.0. The van der Waals surface area contributed by atoms with Crippen molar-refractivity contribution in [3.05, 3.63) is 29.8 Å². The van der Waals surface area contributed by atoms with Crippen LogP contribution < -0.4 is 10.6 Å². The van der Waals surface area contributed by atoms with Gasteiger partial charge in [-0.2, -0.15) is 0 Å². The molecular weight excluding hydrogens is 345 g/mol. The number of hydrogen-bond donors (Lipinski definition) is 1. The van der Waals surface area contributed by atoms with Crippen LogP contribution in [0.1, 0.15) is 37.7 Å². The second-order valence-electron chi connectivity index (χ2n) is 6.16. The molecule has 1 aromatic carbocycles. The predicted molar refractivity (Wildman–Crippen MR) is 107 cm³/mol. The topological polar surface area (TPSA) is 49.6 Å². The normalized spacial score (nSPS) is 13.9. The highest BCUT2D eigenvalue weighted by Crippen LogP contribution is 2.18. The SMILES string of the molecule is Cc1cccc(N2CCN(C(=O)CCCCCCN)CC2)c1.Cl.Cl. The maximum Gasteiger partial charge on any atom is 0.222 e. The molecular formula is C18H31Cl2N3O. The van der Waals surface area contributed by atoms with Crippen molar-refractivity contribution < 1.29 is 4.79 Å². The van der Waals surface area contributed by atoms with Gasteiger partial charge in [-0.3, -0.25) is 4.79 Å². The lowest BCUT2D eigenvalue weighted by Crippen LogP contribution is -2.48. The molecule has 0 aliphatic carbocycles. The largest absolute Gasteiger partial charge is 0.368 e. The van der Waals surface area contributed by atoms with Crippen LogP contribution in [0.2, 0.25) is 0 Å². The minimum Gasteiger partial charge on any atom is -0.368 e. The van der Waals surface area contributed by atoms with Gasteiger partial charge in [0.1, 0.15) is 0 Å². The van der Waals surface area contributed by atoms with E-state index in [9.17, 15) is 4.79 Å². The minimum atomic E-state index is 0. The fourth-order valence-electron chi connectivity index (χ4n) is 2.97. The molecule has 1 heterocycles. The van der Waals surface area contributed by atoms with E-state index in [0.717, 1.165) is 58.4 Å². The molecule has 0 saturated carbocycles. The predicted octanol–water partition coefficient (Wildman–Crippen LogP) is 3.40. The quantitative estimate of drug-likeness (QED) is 0.742. The highest BCUT2D eigenvalue weighted by atomic mass is 35.5. The van der Waals surface area contributed by atoms with E-state index in [2.05, 4.69) is 36.1 Å². The number of rotatable bonds is 7. The third-order valence-corrected chi connectivity index (χ3v) is 4.34. The Morgan fingerprint density at radius 3 is 2.33 bits per heavy atom. The lowest BCUT2D eigenvalue weighted by Gasteiger charge is -2.36. The van der Waals surface area contributed by atoms with Gasteiger partial charge in [0.05, 0.1) is 0 Å². The Hall–Kier alpha value is -0.970. The van der Waals surface area contributed by atoms with Gasteiger partial charge in [-0.1, -0.05) is 25.0 Å². The standard InChI is InChI=1S/C18H29N3O.2ClH/c1-16-7-6-8-17(15-16)20-11-13-21(14-12-20)18(22)9-4-2-3-5-10-19;;/h6-8,15H,2-5,9-14,19H2,1H3;2*1H. The Morgan fingerprint density at radius 2 is 1.71 bits per heavy atom. The van der Waals surface area contributed by atoms with Crippen LogP contribution in [0.5, 0.6) is 0 Å². The molecule has 1 fully saturated rings. The summed E-state index contributed by atoms with van der Waals surface area (Å²) in [5.74, 6) is 0.316. The van der Waals surface area contributed by atoms with Gasteiger partial charge in [0.25, 0.3) is 0 Å². The molecule has 138 valence electrons. The zero-order chi connectivity index (χ0) is 15.8. The molecule has 0 unspecified atom stereocenters. The molecule has 6 heteroatoms. The van der Waals surface area contributed by atoms with E-state index in [-0.39, 0.29) is 24.8 Å². The van der Waals surface area contributed by atoms with Crippen LogP contribution in [0.3, 0.4) is 0 Å². The Morgan fingerprint density at radius 1 is 1.04 bits per heavy atom. The van der Waals surface area contributed by atoms with Crippen molar-refractivity contribution >= 4 is 36.4 Å². The lowest BCUT2D eigenvalue weighted by atomic mass is 10.1. The zero-order valence-corrected chi connectivity index (χ0v) is 16.2. The van der Waals surface area contributed by atoms with Crippen molar-refractivity contribution in [2.24, 2.45) is 5.73 Å². The number of amides is 1. The Bertz CT molecular complexity index is 477. The summed E-state index contributed by atoms with van der Waals surface area (Å²) in [5.41, 5.74) is 8.04. The molecule has 1 aliphatic heterocycles. The summed E-state index contributed by atoms with van der Waals surface area (Å²) in [6.07, 6.45) is 5.02. The van der Waals surface area contributed by atoms with Gasteiger partial charge < -0.3 is 15.5 Å². The molecule has 0 bridgehead atoms. The molecule has 4 nitrogen and oxygen atoms in total. The number of carbonyl (C=O) groups excluding carboxylic acids is 1. The van der Waals surface area contributed by atoms with Gasteiger partial charge in [0, 0.05) is 38.3 Å². The second kappa shape index (κ2) is 12.4. The van der Waals surface area contributed by atoms with Crippen molar-refractivity contribution in [2.45, 2.75) is 39.0 Å². The first-order valence-electron chi connectivity index (χ1n) is 8.50. The van der Waals surface area contributed by atoms with Crippen LogP contribution in [0, 0.1) is 6.92 Å². The Kier molecular flexibility index (Phi) is 11.9. The highest BCUT2D eigenvalue weighted by molar-refractivity contribution is 5.85. The fourth-order valence-corrected chi connectivity index (χ4v) is 2.97. The van der Waals surface area contributed by atoms with Crippen molar-refractivity contribution in [3.63, 3.8) is 0 Å². The number of benzene rings is 1. The van der Waals surface area contributed by atoms with E-state index < -0.39 is 0 Å². The van der Waals surface area contributed by atoms with E-state index in [1.54, 1.807) is 0 Å². The number of anilines is 1. The van der Waals surface area contributed by atoms with Gasteiger partial charge >= 0.3 is 0 Å². The summed E-state index contributed by atoms with van der Waals surface area (Å²) in [6, 6.07) is 8.59. The molecule has 0 atom stereocenters. The third-order valence-electron chi connectivity index (χ3n) is 4.34. The maximum absolute atomic E-state index is 12.2. The second-order valence-corrected chi connectivity index (χ2v) is 6.16. The molecule has 24 heavy (non-hydrogen) atoms. The first-order valence-corrected chi connectivity index (χ1v) is 8.50. The van der Waals surface area contributed by atoms with Gasteiger partial charge in [-0.25, -0.2) is 0 Å². The van der Waals surface area contributed by atoms with Crippen LogP contribution in [-0.2, 0) is 4.79 Å². The van der Waals surface area contributed by atoms with Crippen LogP contribution in [0.25, 0.3) is 0 Å². The van der Waals surface area contributed by atoms with Crippen LogP contribution in [0.15, 0.2) is 24.3 Å². The molecule has 0 spiro atoms. The zero-order valence-electron chi connectivity index (χ0n) is 14.6. The minimum absolute atomic E-state index is 0. The Labute approximate surface area is 158 Å². The molecule has 1 saturated heterocycles. The summed E-state index contributed by atoms with van der Waals surface area (Å²) >= 11 is 0. The molecule has 2 N–H and O–H groups in total. The van der Waals surface area contributed by atoms with E-state index in [1.165, 1.54) is 11.3 Å². The number of nitrogens with two attached hydrogens (primary N) is 1. The monoisotopic (exact) mass is 375 g/mol. The van der Waals surface area contributed by atoms with E-state index >= 15 is 0 Å². The number of nitrogens with zero attached hydrogens (tertiary/aromatic N) is 2. The van der Waals surface area contributed by atoms with Gasteiger partial charge in [-0.05, 0) is 44.0 Å². The molecule has 1 amide bonds. The summed E-state index contributed by atoms with van der Waals surface area (Å²) < 4.78 is 0. The average molecular weight is 376 g/mol. The number of aryl methyl sites for hydroxylation is 1. The molecule has 1 aromatic rings. The van der Waals surface area contributed by atoms with E-state index in [1.807, 2.05) is 4.90 Å². The van der Waals surface area contributed by atoms with E-state index in [4.69, 9.17) is 5.73 Å². The van der Waals surface area contributed by atoms with E-state index in [0.29, 0.717) is 12.3 Å². The fraction of sp³-hybridized carbons (Fsp3) is 0.611. The van der Waals surface area contributed by atoms with Crippen LogP contribution in [0.4, 0.5) is 5.69 Å². The van der Waals surface area contributed by atoms with Crippen molar-refractivity contribution in [1.82, 2.24) is 4.90 Å². The van der Waals surface area contributed by atoms with Crippen molar-refractivity contribution in [1.29, 1.82) is 0 Å². The molecule has 2 rings (SSSR count). The van der Waals surface area contributed by atoms with Crippen LogP contribution >= 0.6 is 24.8 Å². The number of piperazine rings is 1. The number of unbranched alkanes of at least 4 members (excludes halogenated alkanes) is 3.